The number of nitrogens with zero attached hydrogens (tertiary/aromatic N) is 1. The summed E-state index contributed by atoms with van der Waals surface area (Å²) in [6.07, 6.45) is 0. The van der Waals surface area contributed by atoms with Crippen molar-refractivity contribution in [1.82, 2.24) is 4.98 Å². The second-order valence-corrected chi connectivity index (χ2v) is 4.06. The van der Waals surface area contributed by atoms with E-state index in [1.165, 1.54) is 12.1 Å². The molecule has 3 nitrogen and oxygen atoms in total. The summed E-state index contributed by atoms with van der Waals surface area (Å²) in [6.45, 7) is 3.84. The number of ether oxygens (including phenoxy) is 1. The van der Waals surface area contributed by atoms with E-state index in [4.69, 9.17) is 4.74 Å². The molecule has 0 aliphatic carbocycles. The molecular weight excluding hydrogens is 245 g/mol. The zero-order valence-corrected chi connectivity index (χ0v) is 10.8. The van der Waals surface area contributed by atoms with Crippen LogP contribution in [0, 0.1) is 12.7 Å². The molecule has 4 heteroatoms. The molecule has 0 fully saturated rings. The topological polar surface area (TPSA) is 39.2 Å². The number of carbonyl (C=O) groups excluding carboxylic acids is 1. The minimum absolute atomic E-state index is 0.288. The van der Waals surface area contributed by atoms with Crippen molar-refractivity contribution >= 4 is 5.97 Å². The molecule has 0 atom stereocenters. The molecule has 0 spiro atoms. The Labute approximate surface area is 111 Å². The third-order valence-electron chi connectivity index (χ3n) is 2.72. The number of esters is 1. The van der Waals surface area contributed by atoms with Gasteiger partial charge in [-0.3, -0.25) is 4.98 Å². The van der Waals surface area contributed by atoms with Gasteiger partial charge >= 0.3 is 5.97 Å². The van der Waals surface area contributed by atoms with Crippen LogP contribution < -0.4 is 0 Å². The first-order valence-electron chi connectivity index (χ1n) is 6.02. The van der Waals surface area contributed by atoms with Crippen LogP contribution in [0.5, 0.6) is 0 Å². The van der Waals surface area contributed by atoms with Crippen LogP contribution in [0.3, 0.4) is 0 Å². The summed E-state index contributed by atoms with van der Waals surface area (Å²) in [5.41, 5.74) is 2.55. The van der Waals surface area contributed by atoms with Gasteiger partial charge in [-0.1, -0.05) is 0 Å². The van der Waals surface area contributed by atoms with Gasteiger partial charge in [0.25, 0.3) is 0 Å². The van der Waals surface area contributed by atoms with Gasteiger partial charge in [0.05, 0.1) is 23.6 Å². The van der Waals surface area contributed by atoms with Crippen molar-refractivity contribution in [3.05, 3.63) is 53.5 Å². The summed E-state index contributed by atoms with van der Waals surface area (Å²) in [5, 5.41) is 0. The predicted octanol–water partition coefficient (Wildman–Crippen LogP) is 3.37. The Morgan fingerprint density at radius 3 is 2.47 bits per heavy atom. The Balaban J connectivity index is 2.33. The highest BCUT2D eigenvalue weighted by Crippen LogP contribution is 2.19. The number of pyridine rings is 1. The van der Waals surface area contributed by atoms with Gasteiger partial charge in [0.2, 0.25) is 0 Å². The number of benzene rings is 1. The lowest BCUT2D eigenvalue weighted by Crippen LogP contribution is -2.08. The van der Waals surface area contributed by atoms with Crippen LogP contribution in [0.4, 0.5) is 4.39 Å². The van der Waals surface area contributed by atoms with Crippen molar-refractivity contribution in [3.8, 4) is 11.3 Å². The Morgan fingerprint density at radius 1 is 1.21 bits per heavy atom. The Hall–Kier alpha value is -2.23. The van der Waals surface area contributed by atoms with Crippen molar-refractivity contribution in [1.29, 1.82) is 0 Å². The van der Waals surface area contributed by atoms with Crippen LogP contribution >= 0.6 is 0 Å². The summed E-state index contributed by atoms with van der Waals surface area (Å²) in [4.78, 5) is 16.0. The van der Waals surface area contributed by atoms with Crippen LogP contribution in [0.25, 0.3) is 11.3 Å². The average Bonchev–Trinajstić information content (AvgIpc) is 2.39. The number of hydrogen-bond donors (Lipinski definition) is 0. The van der Waals surface area contributed by atoms with Crippen LogP contribution in [0.2, 0.25) is 0 Å². The Morgan fingerprint density at radius 2 is 1.89 bits per heavy atom. The Bertz CT molecular complexity index is 594. The molecule has 0 aliphatic rings. The first-order chi connectivity index (χ1) is 9.11. The van der Waals surface area contributed by atoms with Gasteiger partial charge in [-0.25, -0.2) is 9.18 Å². The normalized spacial score (nSPS) is 10.3. The fraction of sp³-hybridized carbons (Fsp3) is 0.200. The monoisotopic (exact) mass is 259 g/mol. The zero-order valence-electron chi connectivity index (χ0n) is 10.8. The molecule has 0 radical (unpaired) electrons. The zero-order chi connectivity index (χ0) is 13.8. The molecule has 1 aromatic heterocycles. The number of hydrogen-bond acceptors (Lipinski definition) is 3. The van der Waals surface area contributed by atoms with Crippen molar-refractivity contribution in [2.24, 2.45) is 0 Å². The number of carbonyl (C=O) groups is 1. The molecule has 0 saturated heterocycles. The molecule has 0 bridgehead atoms. The maximum Gasteiger partial charge on any atom is 0.339 e. The minimum Gasteiger partial charge on any atom is -0.462 e. The summed E-state index contributed by atoms with van der Waals surface area (Å²) >= 11 is 0. The van der Waals surface area contributed by atoms with Crippen molar-refractivity contribution in [2.45, 2.75) is 13.8 Å². The number of rotatable bonds is 3. The van der Waals surface area contributed by atoms with E-state index in [1.807, 2.05) is 0 Å². The molecule has 98 valence electrons. The lowest BCUT2D eigenvalue weighted by molar-refractivity contribution is 0.0525. The standard InChI is InChI=1S/C15H14FNO2/c1-3-19-15(18)13-8-9-14(17-10(13)2)11-4-6-12(16)7-5-11/h4-9H,3H2,1-2H3. The van der Waals surface area contributed by atoms with E-state index in [9.17, 15) is 9.18 Å². The van der Waals surface area contributed by atoms with Gasteiger partial charge in [0, 0.05) is 5.56 Å². The molecule has 0 saturated carbocycles. The van der Waals surface area contributed by atoms with Crippen molar-refractivity contribution in [3.63, 3.8) is 0 Å². The summed E-state index contributed by atoms with van der Waals surface area (Å²) in [6, 6.07) is 9.48. The second-order valence-electron chi connectivity index (χ2n) is 4.06. The second kappa shape index (κ2) is 5.61. The average molecular weight is 259 g/mol. The van der Waals surface area contributed by atoms with Gasteiger partial charge in [-0.15, -0.1) is 0 Å². The third kappa shape index (κ3) is 2.96. The number of aromatic nitrogens is 1. The van der Waals surface area contributed by atoms with Gasteiger partial charge in [0.15, 0.2) is 0 Å². The van der Waals surface area contributed by atoms with E-state index >= 15 is 0 Å². The lowest BCUT2D eigenvalue weighted by Gasteiger charge is -2.07. The SMILES string of the molecule is CCOC(=O)c1ccc(-c2ccc(F)cc2)nc1C. The first kappa shape index (κ1) is 13.2. The van der Waals surface area contributed by atoms with E-state index in [-0.39, 0.29) is 11.8 Å². The van der Waals surface area contributed by atoms with Crippen LogP contribution in [-0.4, -0.2) is 17.6 Å². The Kier molecular flexibility index (Phi) is 3.90. The highest BCUT2D eigenvalue weighted by atomic mass is 19.1. The molecule has 0 unspecified atom stereocenters. The fourth-order valence-electron chi connectivity index (χ4n) is 1.77. The third-order valence-corrected chi connectivity index (χ3v) is 2.72. The lowest BCUT2D eigenvalue weighted by atomic mass is 10.1. The predicted molar refractivity (Wildman–Crippen MR) is 70.3 cm³/mol. The number of halogens is 1. The highest BCUT2D eigenvalue weighted by molar-refractivity contribution is 5.90. The summed E-state index contributed by atoms with van der Waals surface area (Å²) in [5.74, 6) is -0.665. The smallest absolute Gasteiger partial charge is 0.339 e. The fourth-order valence-corrected chi connectivity index (χ4v) is 1.77. The molecule has 0 aliphatic heterocycles. The van der Waals surface area contributed by atoms with Crippen LogP contribution in [0.15, 0.2) is 36.4 Å². The van der Waals surface area contributed by atoms with E-state index in [0.717, 1.165) is 5.56 Å². The van der Waals surface area contributed by atoms with Crippen LogP contribution in [0.1, 0.15) is 23.0 Å². The molecular formula is C15H14FNO2. The maximum atomic E-state index is 12.9. The van der Waals surface area contributed by atoms with Gasteiger partial charge < -0.3 is 4.74 Å². The van der Waals surface area contributed by atoms with E-state index in [2.05, 4.69) is 4.98 Å². The van der Waals surface area contributed by atoms with E-state index < -0.39 is 0 Å². The molecule has 2 rings (SSSR count). The van der Waals surface area contributed by atoms with E-state index in [1.54, 1.807) is 38.1 Å². The van der Waals surface area contributed by atoms with Crippen molar-refractivity contribution < 1.29 is 13.9 Å². The van der Waals surface area contributed by atoms with Gasteiger partial charge in [-0.2, -0.15) is 0 Å². The van der Waals surface area contributed by atoms with Crippen LogP contribution in [-0.2, 0) is 4.74 Å². The first-order valence-corrected chi connectivity index (χ1v) is 6.02. The van der Waals surface area contributed by atoms with Gasteiger partial charge in [0.1, 0.15) is 5.82 Å². The van der Waals surface area contributed by atoms with E-state index in [0.29, 0.717) is 23.6 Å². The molecule has 1 heterocycles. The van der Waals surface area contributed by atoms with Crippen molar-refractivity contribution in [2.75, 3.05) is 6.61 Å². The molecule has 2 aromatic rings. The highest BCUT2D eigenvalue weighted by Gasteiger charge is 2.12. The maximum absolute atomic E-state index is 12.9. The largest absolute Gasteiger partial charge is 0.462 e. The summed E-state index contributed by atoms with van der Waals surface area (Å²) in [7, 11) is 0. The molecule has 0 N–H and O–H groups in total. The number of aryl methyl sites for hydroxylation is 1. The quantitative estimate of drug-likeness (QED) is 0.793. The molecule has 19 heavy (non-hydrogen) atoms. The minimum atomic E-state index is -0.377. The summed E-state index contributed by atoms with van der Waals surface area (Å²) < 4.78 is 17.8. The molecule has 1 aromatic carbocycles. The molecule has 0 amide bonds. The van der Waals surface area contributed by atoms with Gasteiger partial charge in [-0.05, 0) is 50.2 Å².